The van der Waals surface area contributed by atoms with Crippen LogP contribution in [0, 0.1) is 12.7 Å². The van der Waals surface area contributed by atoms with Gasteiger partial charge in [0.15, 0.2) is 5.75 Å². The van der Waals surface area contributed by atoms with Crippen molar-refractivity contribution in [2.45, 2.75) is 6.92 Å². The molecule has 0 aliphatic carbocycles. The summed E-state index contributed by atoms with van der Waals surface area (Å²) in [5.41, 5.74) is 13.6. The minimum Gasteiger partial charge on any atom is -0.408 e. The Hall–Kier alpha value is -3.42. The Labute approximate surface area is 136 Å². The summed E-state index contributed by atoms with van der Waals surface area (Å²) >= 11 is 0. The molecule has 3 rings (SSSR count). The van der Waals surface area contributed by atoms with Crippen LogP contribution in [0.3, 0.4) is 0 Å². The average molecular weight is 327 g/mol. The topological polar surface area (TPSA) is 120 Å². The number of aromatic nitrogens is 3. The normalized spacial score (nSPS) is 10.6. The lowest BCUT2D eigenvalue weighted by atomic mass is 10.1. The van der Waals surface area contributed by atoms with Gasteiger partial charge in [-0.3, -0.25) is 0 Å². The standard InChI is InChI=1S/C16H14FN5O2/c1-8-6-9(17)2-3-10(8)14-13(24-16(19)23)7-12(21-14)11-4-5-20-15(18)22-11/h2-7,21H,1H3,(H2,19,23)(H2,18,20,22). The van der Waals surface area contributed by atoms with Crippen molar-refractivity contribution in [2.75, 3.05) is 5.73 Å². The smallest absolute Gasteiger partial charge is 0.408 e. The fourth-order valence-corrected chi connectivity index (χ4v) is 2.39. The first-order chi connectivity index (χ1) is 11.4. The molecule has 2 aromatic heterocycles. The van der Waals surface area contributed by atoms with Gasteiger partial charge in [0.1, 0.15) is 5.82 Å². The number of primary amides is 1. The van der Waals surface area contributed by atoms with E-state index in [4.69, 9.17) is 16.2 Å². The molecule has 3 aromatic rings. The largest absolute Gasteiger partial charge is 0.410 e. The lowest BCUT2D eigenvalue weighted by Crippen LogP contribution is -2.16. The Morgan fingerprint density at radius 2 is 2.08 bits per heavy atom. The summed E-state index contributed by atoms with van der Waals surface area (Å²) in [7, 11) is 0. The Morgan fingerprint density at radius 1 is 1.29 bits per heavy atom. The van der Waals surface area contributed by atoms with Crippen molar-refractivity contribution >= 4 is 12.0 Å². The van der Waals surface area contributed by atoms with E-state index in [-0.39, 0.29) is 17.5 Å². The van der Waals surface area contributed by atoms with Gasteiger partial charge in [-0.25, -0.2) is 19.2 Å². The Morgan fingerprint density at radius 3 is 2.75 bits per heavy atom. The summed E-state index contributed by atoms with van der Waals surface area (Å²) in [4.78, 5) is 22.2. The van der Waals surface area contributed by atoms with Crippen molar-refractivity contribution in [1.82, 2.24) is 15.0 Å². The molecule has 0 unspecified atom stereocenters. The van der Waals surface area contributed by atoms with Crippen LogP contribution in [0.15, 0.2) is 36.5 Å². The molecule has 7 nitrogen and oxygen atoms in total. The lowest BCUT2D eigenvalue weighted by Gasteiger charge is -2.07. The first kappa shape index (κ1) is 15.5. The molecule has 0 aliphatic rings. The highest BCUT2D eigenvalue weighted by Crippen LogP contribution is 2.35. The van der Waals surface area contributed by atoms with Gasteiger partial charge in [-0.2, -0.15) is 0 Å². The number of aromatic amines is 1. The molecular weight excluding hydrogens is 313 g/mol. The number of carbonyl (C=O) groups excluding carboxylic acids is 1. The van der Waals surface area contributed by atoms with E-state index >= 15 is 0 Å². The molecule has 0 bridgehead atoms. The molecule has 0 saturated heterocycles. The number of nitrogens with one attached hydrogen (secondary N) is 1. The molecule has 2 heterocycles. The third-order valence-electron chi connectivity index (χ3n) is 3.40. The molecule has 8 heteroatoms. The van der Waals surface area contributed by atoms with E-state index < -0.39 is 6.09 Å². The molecule has 0 saturated carbocycles. The van der Waals surface area contributed by atoms with Crippen molar-refractivity contribution < 1.29 is 13.9 Å². The van der Waals surface area contributed by atoms with E-state index in [1.54, 1.807) is 25.1 Å². The summed E-state index contributed by atoms with van der Waals surface area (Å²) < 4.78 is 18.4. The summed E-state index contributed by atoms with van der Waals surface area (Å²) in [6.07, 6.45) is 0.555. The van der Waals surface area contributed by atoms with E-state index in [1.807, 2.05) is 0 Å². The van der Waals surface area contributed by atoms with Crippen LogP contribution in [0.4, 0.5) is 15.1 Å². The second-order valence-electron chi connectivity index (χ2n) is 5.10. The number of carbonyl (C=O) groups is 1. The van der Waals surface area contributed by atoms with Gasteiger partial charge in [0, 0.05) is 17.8 Å². The number of hydrogen-bond donors (Lipinski definition) is 3. The highest BCUT2D eigenvalue weighted by molar-refractivity contribution is 5.79. The van der Waals surface area contributed by atoms with Crippen LogP contribution in [0.5, 0.6) is 5.75 Å². The number of benzene rings is 1. The van der Waals surface area contributed by atoms with Gasteiger partial charge >= 0.3 is 6.09 Å². The van der Waals surface area contributed by atoms with Gasteiger partial charge in [-0.05, 0) is 36.8 Å². The second kappa shape index (κ2) is 5.99. The summed E-state index contributed by atoms with van der Waals surface area (Å²) in [6, 6.07) is 7.51. The molecule has 5 N–H and O–H groups in total. The van der Waals surface area contributed by atoms with Crippen LogP contribution in [-0.4, -0.2) is 21.0 Å². The lowest BCUT2D eigenvalue weighted by molar-refractivity contribution is 0.211. The van der Waals surface area contributed by atoms with Gasteiger partial charge in [-0.15, -0.1) is 0 Å². The minimum atomic E-state index is -0.955. The first-order valence-corrected chi connectivity index (χ1v) is 7.00. The number of halogens is 1. The monoisotopic (exact) mass is 327 g/mol. The SMILES string of the molecule is Cc1cc(F)ccc1-c1[nH]c(-c2ccnc(N)n2)cc1OC(N)=O. The van der Waals surface area contributed by atoms with Crippen LogP contribution < -0.4 is 16.2 Å². The summed E-state index contributed by atoms with van der Waals surface area (Å²) in [5, 5.41) is 0. The minimum absolute atomic E-state index is 0.110. The Balaban J connectivity index is 2.15. The third kappa shape index (κ3) is 3.02. The zero-order chi connectivity index (χ0) is 17.3. The van der Waals surface area contributed by atoms with Gasteiger partial charge in [0.2, 0.25) is 5.95 Å². The molecule has 122 valence electrons. The van der Waals surface area contributed by atoms with Gasteiger partial charge in [-0.1, -0.05) is 0 Å². The predicted octanol–water partition coefficient (Wildman–Crippen LogP) is 2.63. The number of aryl methyl sites for hydroxylation is 1. The Kier molecular flexibility index (Phi) is 3.87. The van der Waals surface area contributed by atoms with Crippen LogP contribution in [0.2, 0.25) is 0 Å². The van der Waals surface area contributed by atoms with Gasteiger partial charge in [0.25, 0.3) is 0 Å². The second-order valence-corrected chi connectivity index (χ2v) is 5.10. The van der Waals surface area contributed by atoms with Crippen LogP contribution >= 0.6 is 0 Å². The third-order valence-corrected chi connectivity index (χ3v) is 3.40. The predicted molar refractivity (Wildman–Crippen MR) is 86.6 cm³/mol. The number of hydrogen-bond acceptors (Lipinski definition) is 5. The number of nitrogens with zero attached hydrogens (tertiary/aromatic N) is 2. The maximum absolute atomic E-state index is 13.3. The van der Waals surface area contributed by atoms with Crippen molar-refractivity contribution in [1.29, 1.82) is 0 Å². The first-order valence-electron chi connectivity index (χ1n) is 7.00. The number of nitrogens with two attached hydrogens (primary N) is 2. The fourth-order valence-electron chi connectivity index (χ4n) is 2.39. The van der Waals surface area contributed by atoms with Crippen molar-refractivity contribution in [3.63, 3.8) is 0 Å². The highest BCUT2D eigenvalue weighted by Gasteiger charge is 2.17. The molecule has 1 amide bonds. The number of H-pyrrole nitrogens is 1. The molecule has 24 heavy (non-hydrogen) atoms. The highest BCUT2D eigenvalue weighted by atomic mass is 19.1. The van der Waals surface area contributed by atoms with Crippen LogP contribution in [0.25, 0.3) is 22.6 Å². The number of rotatable bonds is 3. The molecule has 0 spiro atoms. The molecule has 0 atom stereocenters. The maximum Gasteiger partial charge on any atom is 0.410 e. The number of ether oxygens (including phenoxy) is 1. The summed E-state index contributed by atoms with van der Waals surface area (Å²) in [5.74, 6) is -0.0349. The van der Waals surface area contributed by atoms with E-state index in [1.165, 1.54) is 18.3 Å². The van der Waals surface area contributed by atoms with E-state index in [0.29, 0.717) is 28.2 Å². The molecule has 0 fully saturated rings. The average Bonchev–Trinajstić information content (AvgIpc) is 2.90. The molecule has 0 aliphatic heterocycles. The van der Waals surface area contributed by atoms with Crippen molar-refractivity contribution in [2.24, 2.45) is 5.73 Å². The van der Waals surface area contributed by atoms with Crippen LogP contribution in [-0.2, 0) is 0 Å². The quantitative estimate of drug-likeness (QED) is 0.683. The van der Waals surface area contributed by atoms with E-state index in [9.17, 15) is 9.18 Å². The zero-order valence-electron chi connectivity index (χ0n) is 12.7. The van der Waals surface area contributed by atoms with E-state index in [0.717, 1.165) is 0 Å². The van der Waals surface area contributed by atoms with Crippen molar-refractivity contribution in [3.05, 3.63) is 47.9 Å². The number of nitrogen functional groups attached to an aromatic ring is 1. The zero-order valence-corrected chi connectivity index (χ0v) is 12.7. The van der Waals surface area contributed by atoms with E-state index in [2.05, 4.69) is 15.0 Å². The van der Waals surface area contributed by atoms with Crippen molar-refractivity contribution in [3.8, 4) is 28.4 Å². The van der Waals surface area contributed by atoms with Gasteiger partial charge in [0.05, 0.1) is 17.1 Å². The van der Waals surface area contributed by atoms with Gasteiger partial charge < -0.3 is 21.2 Å². The molecule has 0 radical (unpaired) electrons. The molecule has 1 aromatic carbocycles. The maximum atomic E-state index is 13.3. The Bertz CT molecular complexity index is 923. The fraction of sp³-hybridized carbons (Fsp3) is 0.0625. The van der Waals surface area contributed by atoms with Crippen LogP contribution in [0.1, 0.15) is 5.56 Å². The summed E-state index contributed by atoms with van der Waals surface area (Å²) in [6.45, 7) is 1.75. The number of amides is 1. The number of anilines is 1. The molecular formula is C16H14FN5O2.